The van der Waals surface area contributed by atoms with Crippen molar-refractivity contribution in [2.24, 2.45) is 0 Å². The van der Waals surface area contributed by atoms with Crippen LogP contribution in [0.1, 0.15) is 25.8 Å². The Labute approximate surface area is 119 Å². The number of hydrogen-bond acceptors (Lipinski definition) is 3. The van der Waals surface area contributed by atoms with E-state index in [1.54, 1.807) is 0 Å². The second-order valence-electron chi connectivity index (χ2n) is 5.43. The molecule has 2 atom stereocenters. The van der Waals surface area contributed by atoms with Gasteiger partial charge in [-0.3, -0.25) is 0 Å². The Morgan fingerprint density at radius 2 is 2.15 bits per heavy atom. The summed E-state index contributed by atoms with van der Waals surface area (Å²) in [6.45, 7) is 4.39. The molecular formula is C14H24N4O2. The van der Waals surface area contributed by atoms with Gasteiger partial charge >= 0.3 is 6.09 Å². The molecule has 0 spiro atoms. The van der Waals surface area contributed by atoms with E-state index in [1.165, 1.54) is 0 Å². The molecule has 112 valence electrons. The Balaban J connectivity index is 1.81. The first-order valence-electron chi connectivity index (χ1n) is 7.15. The van der Waals surface area contributed by atoms with Crippen LogP contribution in [0.3, 0.4) is 0 Å². The van der Waals surface area contributed by atoms with Gasteiger partial charge in [0.15, 0.2) is 0 Å². The van der Waals surface area contributed by atoms with E-state index in [1.807, 2.05) is 7.05 Å². The maximum atomic E-state index is 10.4. The molecule has 6 nitrogen and oxygen atoms in total. The number of hydrazine groups is 1. The van der Waals surface area contributed by atoms with Gasteiger partial charge in [-0.25, -0.2) is 14.8 Å². The summed E-state index contributed by atoms with van der Waals surface area (Å²) in [6, 6.07) is 5.18. The summed E-state index contributed by atoms with van der Waals surface area (Å²) in [4.78, 5) is 10.4. The fourth-order valence-electron chi connectivity index (χ4n) is 2.96. The second kappa shape index (κ2) is 6.76. The van der Waals surface area contributed by atoms with Gasteiger partial charge in [-0.2, -0.15) is 0 Å². The number of carbonyl (C=O) groups is 1. The van der Waals surface area contributed by atoms with E-state index in [4.69, 9.17) is 5.11 Å². The molecule has 0 aliphatic carbocycles. The van der Waals surface area contributed by atoms with E-state index in [9.17, 15) is 4.79 Å². The molecule has 6 heteroatoms. The summed E-state index contributed by atoms with van der Waals surface area (Å²) >= 11 is 0. The van der Waals surface area contributed by atoms with E-state index in [0.717, 1.165) is 19.4 Å². The molecule has 1 amide bonds. The van der Waals surface area contributed by atoms with E-state index in [2.05, 4.69) is 51.4 Å². The molecular weight excluding hydrogens is 256 g/mol. The lowest BCUT2D eigenvalue weighted by atomic mass is 9.99. The third kappa shape index (κ3) is 3.74. The molecule has 0 radical (unpaired) electrons. The zero-order valence-electron chi connectivity index (χ0n) is 12.2. The van der Waals surface area contributed by atoms with Crippen molar-refractivity contribution in [2.75, 3.05) is 26.7 Å². The second-order valence-corrected chi connectivity index (χ2v) is 5.43. The molecule has 0 saturated carbocycles. The van der Waals surface area contributed by atoms with Gasteiger partial charge in [0.2, 0.25) is 0 Å². The van der Waals surface area contributed by atoms with E-state index in [-0.39, 0.29) is 0 Å². The van der Waals surface area contributed by atoms with Crippen LogP contribution in [-0.2, 0) is 0 Å². The summed E-state index contributed by atoms with van der Waals surface area (Å²) in [5, 5.41) is 15.5. The number of aromatic nitrogens is 1. The number of hydrogen-bond donors (Lipinski definition) is 2. The Morgan fingerprint density at radius 1 is 1.45 bits per heavy atom. The highest BCUT2D eigenvalue weighted by atomic mass is 16.4. The van der Waals surface area contributed by atoms with Crippen LogP contribution >= 0.6 is 0 Å². The minimum absolute atomic E-state index is 0.454. The molecule has 0 aromatic carbocycles. The van der Waals surface area contributed by atoms with Crippen molar-refractivity contribution in [1.82, 2.24) is 19.9 Å². The molecule has 1 saturated heterocycles. The summed E-state index contributed by atoms with van der Waals surface area (Å²) in [5.41, 5.74) is 0. The van der Waals surface area contributed by atoms with Crippen LogP contribution in [0.2, 0.25) is 0 Å². The zero-order chi connectivity index (χ0) is 14.5. The third-order valence-corrected chi connectivity index (χ3v) is 4.01. The lowest BCUT2D eigenvalue weighted by Gasteiger charge is -2.43. The van der Waals surface area contributed by atoms with Crippen molar-refractivity contribution in [2.45, 2.75) is 31.8 Å². The topological polar surface area (TPSA) is 60.7 Å². The lowest BCUT2D eigenvalue weighted by Crippen LogP contribution is -2.51. The monoisotopic (exact) mass is 280 g/mol. The zero-order valence-corrected chi connectivity index (χ0v) is 12.2. The molecule has 0 bridgehead atoms. The molecule has 1 fully saturated rings. The highest BCUT2D eigenvalue weighted by Crippen LogP contribution is 2.27. The number of amides is 1. The number of piperidine rings is 1. The van der Waals surface area contributed by atoms with Gasteiger partial charge in [0.05, 0.1) is 0 Å². The molecule has 20 heavy (non-hydrogen) atoms. The number of nitrogens with zero attached hydrogens (tertiary/aromatic N) is 3. The highest BCUT2D eigenvalue weighted by molar-refractivity contribution is 5.64. The summed E-state index contributed by atoms with van der Waals surface area (Å²) in [5.74, 6) is 0. The third-order valence-electron chi connectivity index (χ3n) is 4.01. The molecule has 2 unspecified atom stereocenters. The Morgan fingerprint density at radius 3 is 2.75 bits per heavy atom. The average Bonchev–Trinajstić information content (AvgIpc) is 2.91. The van der Waals surface area contributed by atoms with Crippen molar-refractivity contribution < 1.29 is 9.90 Å². The van der Waals surface area contributed by atoms with E-state index < -0.39 is 6.09 Å². The highest BCUT2D eigenvalue weighted by Gasteiger charge is 2.28. The lowest BCUT2D eigenvalue weighted by molar-refractivity contribution is -0.0616. The first-order chi connectivity index (χ1) is 9.58. The van der Waals surface area contributed by atoms with Crippen LogP contribution in [0, 0.1) is 0 Å². The Kier molecular flexibility index (Phi) is 5.03. The fourth-order valence-corrected chi connectivity index (χ4v) is 2.96. The maximum absolute atomic E-state index is 10.4. The van der Waals surface area contributed by atoms with Crippen molar-refractivity contribution >= 4 is 6.09 Å². The summed E-state index contributed by atoms with van der Waals surface area (Å²) in [6.07, 6.45) is 5.54. The number of nitrogens with one attached hydrogen (secondary N) is 1. The van der Waals surface area contributed by atoms with Gasteiger partial charge < -0.3 is 15.0 Å². The molecule has 1 aromatic heterocycles. The first kappa shape index (κ1) is 14.9. The fraction of sp³-hybridized carbons (Fsp3) is 0.643. The first-order valence-corrected chi connectivity index (χ1v) is 7.15. The van der Waals surface area contributed by atoms with Crippen LogP contribution in [0.4, 0.5) is 4.79 Å². The van der Waals surface area contributed by atoms with Crippen LogP contribution in [0.25, 0.3) is 0 Å². The van der Waals surface area contributed by atoms with Gasteiger partial charge in [-0.15, -0.1) is 0 Å². The van der Waals surface area contributed by atoms with E-state index >= 15 is 0 Å². The average molecular weight is 280 g/mol. The van der Waals surface area contributed by atoms with Gasteiger partial charge in [0, 0.05) is 51.2 Å². The summed E-state index contributed by atoms with van der Waals surface area (Å²) < 4.78 is 2.29. The molecule has 1 aliphatic heterocycles. The number of rotatable bonds is 5. The SMILES string of the molecule is CC1CC(n2cccc2)CCN1N(C)CCNC(=O)O. The van der Waals surface area contributed by atoms with Crippen molar-refractivity contribution in [3.05, 3.63) is 24.5 Å². The minimum Gasteiger partial charge on any atom is -0.465 e. The van der Waals surface area contributed by atoms with Crippen LogP contribution < -0.4 is 5.32 Å². The van der Waals surface area contributed by atoms with Crippen LogP contribution in [-0.4, -0.2) is 58.5 Å². The van der Waals surface area contributed by atoms with Gasteiger partial charge in [-0.1, -0.05) is 0 Å². The smallest absolute Gasteiger partial charge is 0.404 e. The van der Waals surface area contributed by atoms with Crippen molar-refractivity contribution in [3.8, 4) is 0 Å². The quantitative estimate of drug-likeness (QED) is 0.860. The summed E-state index contributed by atoms with van der Waals surface area (Å²) in [7, 11) is 2.02. The maximum Gasteiger partial charge on any atom is 0.404 e. The van der Waals surface area contributed by atoms with Crippen LogP contribution in [0.5, 0.6) is 0 Å². The molecule has 2 heterocycles. The predicted molar refractivity (Wildman–Crippen MR) is 77.5 cm³/mol. The van der Waals surface area contributed by atoms with E-state index in [0.29, 0.717) is 25.2 Å². The van der Waals surface area contributed by atoms with Gasteiger partial charge in [0.1, 0.15) is 0 Å². The molecule has 1 aliphatic rings. The van der Waals surface area contributed by atoms with Crippen LogP contribution in [0.15, 0.2) is 24.5 Å². The Hall–Kier alpha value is -1.53. The van der Waals surface area contributed by atoms with Crippen molar-refractivity contribution in [3.63, 3.8) is 0 Å². The molecule has 2 N–H and O–H groups in total. The molecule has 2 rings (SSSR count). The molecule has 1 aromatic rings. The predicted octanol–water partition coefficient (Wildman–Crippen LogP) is 1.63. The Bertz CT molecular complexity index is 421. The minimum atomic E-state index is -0.960. The number of likely N-dealkylation sites (N-methyl/N-ethyl adjacent to an activating group) is 1. The number of carboxylic acid groups (broad SMARTS) is 1. The normalized spacial score (nSPS) is 23.9. The van der Waals surface area contributed by atoms with Gasteiger partial charge in [-0.05, 0) is 31.9 Å². The largest absolute Gasteiger partial charge is 0.465 e. The van der Waals surface area contributed by atoms with Crippen molar-refractivity contribution in [1.29, 1.82) is 0 Å². The van der Waals surface area contributed by atoms with Gasteiger partial charge in [0.25, 0.3) is 0 Å². The standard InChI is InChI=1S/C14H24N4O2/c1-12-11-13(17-7-3-4-8-17)5-9-18(12)16(2)10-6-15-14(19)20/h3-4,7-8,12-13,15H,5-6,9-11H2,1-2H3,(H,19,20).